The van der Waals surface area contributed by atoms with E-state index in [-0.39, 0.29) is 11.9 Å². The smallest absolute Gasteiger partial charge is 0.251 e. The van der Waals surface area contributed by atoms with Crippen LogP contribution in [0, 0.1) is 0 Å². The van der Waals surface area contributed by atoms with Gasteiger partial charge in [-0.2, -0.15) is 0 Å². The molecule has 0 unspecified atom stereocenters. The number of nitrogens with one attached hydrogen (secondary N) is 1. The van der Waals surface area contributed by atoms with Crippen LogP contribution in [0.15, 0.2) is 48.5 Å². The summed E-state index contributed by atoms with van der Waals surface area (Å²) in [6.07, 6.45) is 0.778. The van der Waals surface area contributed by atoms with E-state index in [1.54, 1.807) is 7.11 Å². The van der Waals surface area contributed by atoms with Crippen LogP contribution in [0.1, 0.15) is 33.9 Å². The number of methoxy groups -OCH3 is 1. The highest BCUT2D eigenvalue weighted by Crippen LogP contribution is 2.31. The molecule has 114 valence electrons. The highest BCUT2D eigenvalue weighted by Gasteiger charge is 2.23. The van der Waals surface area contributed by atoms with Gasteiger partial charge < -0.3 is 14.8 Å². The minimum absolute atomic E-state index is 0.0106. The quantitative estimate of drug-likeness (QED) is 0.943. The fraction of sp³-hybridized carbons (Fsp3) is 0.278. The van der Waals surface area contributed by atoms with E-state index in [1.807, 2.05) is 48.5 Å². The first-order valence-corrected chi connectivity index (χ1v) is 7.38. The highest BCUT2D eigenvalue weighted by atomic mass is 16.5. The Kier molecular flexibility index (Phi) is 4.39. The molecule has 2 aromatic carbocycles. The van der Waals surface area contributed by atoms with E-state index in [4.69, 9.17) is 9.47 Å². The summed E-state index contributed by atoms with van der Waals surface area (Å²) in [5, 5.41) is 3.10. The van der Waals surface area contributed by atoms with E-state index < -0.39 is 0 Å². The van der Waals surface area contributed by atoms with Crippen molar-refractivity contribution in [3.8, 4) is 5.75 Å². The molecule has 2 aromatic rings. The Morgan fingerprint density at radius 1 is 1.27 bits per heavy atom. The van der Waals surface area contributed by atoms with Gasteiger partial charge in [-0.1, -0.05) is 30.3 Å². The molecular formula is C18H19NO3. The molecule has 1 aliphatic rings. The summed E-state index contributed by atoms with van der Waals surface area (Å²) in [4.78, 5) is 12.5. The maximum Gasteiger partial charge on any atom is 0.251 e. The van der Waals surface area contributed by atoms with Crippen molar-refractivity contribution in [3.05, 3.63) is 65.2 Å². The van der Waals surface area contributed by atoms with Gasteiger partial charge in [0, 0.05) is 24.7 Å². The number of para-hydroxylation sites is 1. The standard InChI is InChI=1S/C18H19NO3/c1-21-12-13-5-4-6-14(11-13)18(20)19-16-9-10-22-17-8-3-2-7-15(16)17/h2-8,11,16H,9-10,12H2,1H3,(H,19,20)/t16-/m1/s1. The third-order valence-electron chi connectivity index (χ3n) is 3.76. The Hall–Kier alpha value is -2.33. The van der Waals surface area contributed by atoms with Crippen molar-refractivity contribution in [1.82, 2.24) is 5.32 Å². The fourth-order valence-corrected chi connectivity index (χ4v) is 2.70. The van der Waals surface area contributed by atoms with Gasteiger partial charge in [0.1, 0.15) is 5.75 Å². The number of carbonyl (C=O) groups excluding carboxylic acids is 1. The Labute approximate surface area is 130 Å². The summed E-state index contributed by atoms with van der Waals surface area (Å²) in [6, 6.07) is 15.3. The fourth-order valence-electron chi connectivity index (χ4n) is 2.70. The molecule has 0 radical (unpaired) electrons. The molecule has 0 saturated carbocycles. The van der Waals surface area contributed by atoms with E-state index in [0.29, 0.717) is 18.8 Å². The number of benzene rings is 2. The molecular weight excluding hydrogens is 278 g/mol. The van der Waals surface area contributed by atoms with Gasteiger partial charge in [-0.25, -0.2) is 0 Å². The number of hydrogen-bond acceptors (Lipinski definition) is 3. The van der Waals surface area contributed by atoms with Crippen LogP contribution in [-0.4, -0.2) is 19.6 Å². The summed E-state index contributed by atoms with van der Waals surface area (Å²) in [7, 11) is 1.64. The van der Waals surface area contributed by atoms with Crippen molar-refractivity contribution in [2.24, 2.45) is 0 Å². The monoisotopic (exact) mass is 297 g/mol. The molecule has 0 bridgehead atoms. The zero-order chi connectivity index (χ0) is 15.4. The molecule has 1 aliphatic heterocycles. The van der Waals surface area contributed by atoms with Gasteiger partial charge in [0.15, 0.2) is 0 Å². The van der Waals surface area contributed by atoms with E-state index in [2.05, 4.69) is 5.32 Å². The summed E-state index contributed by atoms with van der Waals surface area (Å²) in [6.45, 7) is 1.12. The predicted molar refractivity (Wildman–Crippen MR) is 83.9 cm³/mol. The summed E-state index contributed by atoms with van der Waals surface area (Å²) in [5.74, 6) is 0.784. The topological polar surface area (TPSA) is 47.6 Å². The second-order valence-electron chi connectivity index (χ2n) is 5.33. The largest absolute Gasteiger partial charge is 0.493 e. The molecule has 0 aromatic heterocycles. The summed E-state index contributed by atoms with van der Waals surface area (Å²) < 4.78 is 10.7. The Morgan fingerprint density at radius 3 is 3.00 bits per heavy atom. The number of rotatable bonds is 4. The minimum atomic E-state index is -0.0698. The third-order valence-corrected chi connectivity index (χ3v) is 3.76. The molecule has 1 heterocycles. The average Bonchev–Trinajstić information content (AvgIpc) is 2.56. The number of ether oxygens (including phenoxy) is 2. The van der Waals surface area contributed by atoms with Crippen molar-refractivity contribution in [3.63, 3.8) is 0 Å². The van der Waals surface area contributed by atoms with Crippen molar-refractivity contribution in [1.29, 1.82) is 0 Å². The zero-order valence-corrected chi connectivity index (χ0v) is 12.5. The number of fused-ring (bicyclic) bond motifs is 1. The molecule has 4 nitrogen and oxygen atoms in total. The van der Waals surface area contributed by atoms with Gasteiger partial charge in [0.2, 0.25) is 0 Å². The maximum atomic E-state index is 12.5. The van der Waals surface area contributed by atoms with Crippen LogP contribution in [0.3, 0.4) is 0 Å². The van der Waals surface area contributed by atoms with E-state index in [9.17, 15) is 4.79 Å². The van der Waals surface area contributed by atoms with Gasteiger partial charge in [0.05, 0.1) is 19.3 Å². The van der Waals surface area contributed by atoms with Crippen LogP contribution in [0.4, 0.5) is 0 Å². The Morgan fingerprint density at radius 2 is 2.14 bits per heavy atom. The summed E-state index contributed by atoms with van der Waals surface area (Å²) in [5.41, 5.74) is 2.68. The highest BCUT2D eigenvalue weighted by molar-refractivity contribution is 5.94. The lowest BCUT2D eigenvalue weighted by Gasteiger charge is -2.26. The minimum Gasteiger partial charge on any atom is -0.493 e. The van der Waals surface area contributed by atoms with Crippen LogP contribution in [0.25, 0.3) is 0 Å². The molecule has 1 N–H and O–H groups in total. The van der Waals surface area contributed by atoms with Crippen LogP contribution in [0.2, 0.25) is 0 Å². The number of hydrogen-bond donors (Lipinski definition) is 1. The first-order valence-electron chi connectivity index (χ1n) is 7.38. The van der Waals surface area contributed by atoms with Crippen LogP contribution in [-0.2, 0) is 11.3 Å². The second-order valence-corrected chi connectivity index (χ2v) is 5.33. The van der Waals surface area contributed by atoms with E-state index >= 15 is 0 Å². The maximum absolute atomic E-state index is 12.5. The lowest BCUT2D eigenvalue weighted by molar-refractivity contribution is 0.0924. The normalized spacial score (nSPS) is 16.5. The lowest BCUT2D eigenvalue weighted by atomic mass is 10.00. The molecule has 0 fully saturated rings. The molecule has 0 aliphatic carbocycles. The molecule has 4 heteroatoms. The van der Waals surface area contributed by atoms with Gasteiger partial charge in [0.25, 0.3) is 5.91 Å². The van der Waals surface area contributed by atoms with Crippen molar-refractivity contribution in [2.75, 3.05) is 13.7 Å². The second kappa shape index (κ2) is 6.62. The van der Waals surface area contributed by atoms with Crippen LogP contribution >= 0.6 is 0 Å². The van der Waals surface area contributed by atoms with Crippen LogP contribution < -0.4 is 10.1 Å². The van der Waals surface area contributed by atoms with Gasteiger partial charge >= 0.3 is 0 Å². The van der Waals surface area contributed by atoms with Crippen LogP contribution in [0.5, 0.6) is 5.75 Å². The van der Waals surface area contributed by atoms with Crippen molar-refractivity contribution >= 4 is 5.91 Å². The number of carbonyl (C=O) groups is 1. The van der Waals surface area contributed by atoms with Crippen molar-refractivity contribution < 1.29 is 14.3 Å². The van der Waals surface area contributed by atoms with E-state index in [1.165, 1.54) is 0 Å². The van der Waals surface area contributed by atoms with Gasteiger partial charge in [-0.15, -0.1) is 0 Å². The first-order chi connectivity index (χ1) is 10.8. The summed E-state index contributed by atoms with van der Waals surface area (Å²) >= 11 is 0. The molecule has 22 heavy (non-hydrogen) atoms. The van der Waals surface area contributed by atoms with Crippen molar-refractivity contribution in [2.45, 2.75) is 19.1 Å². The van der Waals surface area contributed by atoms with E-state index in [0.717, 1.165) is 23.3 Å². The molecule has 0 saturated heterocycles. The predicted octanol–water partition coefficient (Wildman–Crippen LogP) is 3.09. The lowest BCUT2D eigenvalue weighted by Crippen LogP contribution is -2.32. The zero-order valence-electron chi connectivity index (χ0n) is 12.5. The Bertz CT molecular complexity index is 669. The molecule has 1 atom stereocenters. The van der Waals surface area contributed by atoms with Gasteiger partial charge in [-0.3, -0.25) is 4.79 Å². The third kappa shape index (κ3) is 3.12. The molecule has 3 rings (SSSR count). The SMILES string of the molecule is COCc1cccc(C(=O)N[C@@H]2CCOc3ccccc32)c1. The van der Waals surface area contributed by atoms with Gasteiger partial charge in [-0.05, 0) is 23.8 Å². The molecule has 1 amide bonds. The average molecular weight is 297 g/mol. The Balaban J connectivity index is 1.76. The molecule has 0 spiro atoms. The first kappa shape index (κ1) is 14.6. The number of amides is 1.